The molecule has 4 heteroatoms. The molecular formula is C15H21NO3. The smallest absolute Gasteiger partial charge is 0.312 e. The van der Waals surface area contributed by atoms with Crippen molar-refractivity contribution >= 4 is 5.97 Å². The van der Waals surface area contributed by atoms with E-state index in [-0.39, 0.29) is 0 Å². The fraction of sp³-hybridized carbons (Fsp3) is 0.533. The van der Waals surface area contributed by atoms with Crippen LogP contribution in [0.4, 0.5) is 0 Å². The molecule has 2 N–H and O–H groups in total. The summed E-state index contributed by atoms with van der Waals surface area (Å²) in [6, 6.07) is 9.32. The minimum Gasteiger partial charge on any atom is -0.481 e. The molecule has 1 aliphatic rings. The van der Waals surface area contributed by atoms with E-state index in [0.717, 1.165) is 18.1 Å². The molecule has 0 bridgehead atoms. The summed E-state index contributed by atoms with van der Waals surface area (Å²) >= 11 is 0. The maximum absolute atomic E-state index is 11.2. The number of carbonyl (C=O) groups is 1. The number of benzene rings is 1. The Labute approximate surface area is 113 Å². The van der Waals surface area contributed by atoms with Gasteiger partial charge < -0.3 is 15.2 Å². The van der Waals surface area contributed by atoms with E-state index in [1.165, 1.54) is 12.8 Å². The van der Waals surface area contributed by atoms with Crippen LogP contribution in [0.3, 0.4) is 0 Å². The second-order valence-corrected chi connectivity index (χ2v) is 5.02. The summed E-state index contributed by atoms with van der Waals surface area (Å²) in [5.41, 5.74) is 0.835. The number of hydrogen-bond donors (Lipinski definition) is 2. The lowest BCUT2D eigenvalue weighted by atomic mass is 9.99. The quantitative estimate of drug-likeness (QED) is 0.668. The number of ether oxygens (including phenoxy) is 1. The Kier molecular flexibility index (Phi) is 5.36. The highest BCUT2D eigenvalue weighted by Gasteiger charge is 2.21. The molecule has 19 heavy (non-hydrogen) atoms. The lowest BCUT2D eigenvalue weighted by Gasteiger charge is -2.13. The van der Waals surface area contributed by atoms with Crippen LogP contribution in [-0.2, 0) is 9.53 Å². The minimum absolute atomic E-state index is 0.437. The van der Waals surface area contributed by atoms with Crippen LogP contribution in [0.5, 0.6) is 0 Å². The molecule has 2 rings (SSSR count). The van der Waals surface area contributed by atoms with E-state index >= 15 is 0 Å². The number of carboxylic acids is 1. The summed E-state index contributed by atoms with van der Waals surface area (Å²) < 4.78 is 5.50. The van der Waals surface area contributed by atoms with Crippen LogP contribution in [0.15, 0.2) is 30.3 Å². The van der Waals surface area contributed by atoms with Crippen molar-refractivity contribution in [3.63, 3.8) is 0 Å². The summed E-state index contributed by atoms with van der Waals surface area (Å²) in [4.78, 5) is 11.2. The third-order valence-corrected chi connectivity index (χ3v) is 3.32. The van der Waals surface area contributed by atoms with Gasteiger partial charge in [-0.25, -0.2) is 0 Å². The van der Waals surface area contributed by atoms with Crippen LogP contribution in [0, 0.1) is 5.92 Å². The summed E-state index contributed by atoms with van der Waals surface area (Å²) in [5, 5.41) is 12.4. The Bertz CT molecular complexity index is 390. The molecule has 1 aromatic carbocycles. The molecule has 1 aliphatic carbocycles. The molecule has 0 radical (unpaired) electrons. The summed E-state index contributed by atoms with van der Waals surface area (Å²) in [7, 11) is 0. The Morgan fingerprint density at radius 1 is 1.37 bits per heavy atom. The van der Waals surface area contributed by atoms with E-state index in [1.54, 1.807) is 0 Å². The largest absolute Gasteiger partial charge is 0.481 e. The second-order valence-electron chi connectivity index (χ2n) is 5.02. The Morgan fingerprint density at radius 3 is 2.74 bits per heavy atom. The van der Waals surface area contributed by atoms with Gasteiger partial charge in [0, 0.05) is 19.7 Å². The summed E-state index contributed by atoms with van der Waals surface area (Å²) in [6.45, 7) is 2.63. The molecule has 0 aromatic heterocycles. The molecule has 1 aromatic rings. The zero-order valence-corrected chi connectivity index (χ0v) is 11.0. The standard InChI is InChI=1S/C15H21NO3/c17-15(18)14(13-4-2-1-3-5-13)10-16-8-9-19-11-12-6-7-12/h1-5,12,14,16H,6-11H2,(H,17,18). The van der Waals surface area contributed by atoms with Crippen molar-refractivity contribution in [3.05, 3.63) is 35.9 Å². The second kappa shape index (κ2) is 7.26. The van der Waals surface area contributed by atoms with Gasteiger partial charge in [-0.2, -0.15) is 0 Å². The van der Waals surface area contributed by atoms with Crippen molar-refractivity contribution in [2.75, 3.05) is 26.3 Å². The first-order valence-corrected chi connectivity index (χ1v) is 6.83. The molecule has 104 valence electrons. The monoisotopic (exact) mass is 263 g/mol. The van der Waals surface area contributed by atoms with E-state index < -0.39 is 11.9 Å². The molecule has 0 saturated heterocycles. The van der Waals surface area contributed by atoms with Crippen molar-refractivity contribution in [1.82, 2.24) is 5.32 Å². The van der Waals surface area contributed by atoms with Gasteiger partial charge in [0.25, 0.3) is 0 Å². The van der Waals surface area contributed by atoms with Crippen molar-refractivity contribution in [1.29, 1.82) is 0 Å². The highest BCUT2D eigenvalue weighted by atomic mass is 16.5. The Morgan fingerprint density at radius 2 is 2.11 bits per heavy atom. The predicted molar refractivity (Wildman–Crippen MR) is 73.2 cm³/mol. The Hall–Kier alpha value is -1.39. The SMILES string of the molecule is O=C(O)C(CNCCOCC1CC1)c1ccccc1. The van der Waals surface area contributed by atoms with Crippen LogP contribution in [-0.4, -0.2) is 37.4 Å². The topological polar surface area (TPSA) is 58.6 Å². The molecule has 0 heterocycles. The Balaban J connectivity index is 1.67. The minimum atomic E-state index is -0.794. The maximum atomic E-state index is 11.2. The fourth-order valence-electron chi connectivity index (χ4n) is 1.96. The van der Waals surface area contributed by atoms with Gasteiger partial charge in [-0.1, -0.05) is 30.3 Å². The van der Waals surface area contributed by atoms with Gasteiger partial charge in [-0.3, -0.25) is 4.79 Å². The van der Waals surface area contributed by atoms with Crippen LogP contribution in [0.25, 0.3) is 0 Å². The first-order chi connectivity index (χ1) is 9.27. The molecule has 1 atom stereocenters. The van der Waals surface area contributed by atoms with E-state index in [9.17, 15) is 9.90 Å². The zero-order chi connectivity index (χ0) is 13.5. The first kappa shape index (κ1) is 14.0. The molecule has 1 unspecified atom stereocenters. The first-order valence-electron chi connectivity index (χ1n) is 6.83. The molecule has 0 amide bonds. The average Bonchev–Trinajstić information content (AvgIpc) is 3.22. The van der Waals surface area contributed by atoms with Crippen LogP contribution in [0.1, 0.15) is 24.3 Å². The van der Waals surface area contributed by atoms with E-state index in [0.29, 0.717) is 19.7 Å². The molecule has 0 aliphatic heterocycles. The lowest BCUT2D eigenvalue weighted by molar-refractivity contribution is -0.138. The van der Waals surface area contributed by atoms with E-state index in [1.807, 2.05) is 30.3 Å². The van der Waals surface area contributed by atoms with Gasteiger partial charge >= 0.3 is 5.97 Å². The number of hydrogen-bond acceptors (Lipinski definition) is 3. The zero-order valence-electron chi connectivity index (χ0n) is 11.0. The van der Waals surface area contributed by atoms with Gasteiger partial charge in [-0.15, -0.1) is 0 Å². The van der Waals surface area contributed by atoms with Crippen molar-refractivity contribution in [2.45, 2.75) is 18.8 Å². The molecule has 0 spiro atoms. The molecular weight excluding hydrogens is 242 g/mol. The number of carboxylic acid groups (broad SMARTS) is 1. The molecule has 4 nitrogen and oxygen atoms in total. The third kappa shape index (κ3) is 5.01. The van der Waals surface area contributed by atoms with Crippen molar-refractivity contribution in [2.24, 2.45) is 5.92 Å². The molecule has 1 saturated carbocycles. The number of nitrogens with one attached hydrogen (secondary N) is 1. The number of aliphatic carboxylic acids is 1. The number of rotatable bonds is 9. The average molecular weight is 263 g/mol. The van der Waals surface area contributed by atoms with E-state index in [4.69, 9.17) is 4.74 Å². The normalized spacial score (nSPS) is 16.2. The van der Waals surface area contributed by atoms with Gasteiger partial charge in [-0.05, 0) is 24.3 Å². The highest BCUT2D eigenvalue weighted by Crippen LogP contribution is 2.28. The van der Waals surface area contributed by atoms with Crippen molar-refractivity contribution in [3.8, 4) is 0 Å². The fourth-order valence-corrected chi connectivity index (χ4v) is 1.96. The van der Waals surface area contributed by atoms with Gasteiger partial charge in [0.05, 0.1) is 12.5 Å². The van der Waals surface area contributed by atoms with E-state index in [2.05, 4.69) is 5.32 Å². The maximum Gasteiger partial charge on any atom is 0.312 e. The molecule has 1 fully saturated rings. The summed E-state index contributed by atoms with van der Waals surface area (Å²) in [5.74, 6) is -0.515. The highest BCUT2D eigenvalue weighted by molar-refractivity contribution is 5.76. The van der Waals surface area contributed by atoms with Crippen LogP contribution < -0.4 is 5.32 Å². The lowest BCUT2D eigenvalue weighted by Crippen LogP contribution is -2.29. The summed E-state index contributed by atoms with van der Waals surface area (Å²) in [6.07, 6.45) is 2.59. The third-order valence-electron chi connectivity index (χ3n) is 3.32. The van der Waals surface area contributed by atoms with Gasteiger partial charge in [0.1, 0.15) is 0 Å². The van der Waals surface area contributed by atoms with Gasteiger partial charge in [0.2, 0.25) is 0 Å². The predicted octanol–water partition coefficient (Wildman–Crippen LogP) is 1.87. The van der Waals surface area contributed by atoms with Crippen LogP contribution in [0.2, 0.25) is 0 Å². The van der Waals surface area contributed by atoms with Crippen molar-refractivity contribution < 1.29 is 14.6 Å². The van der Waals surface area contributed by atoms with Crippen LogP contribution >= 0.6 is 0 Å². The van der Waals surface area contributed by atoms with Gasteiger partial charge in [0.15, 0.2) is 0 Å².